The highest BCUT2D eigenvalue weighted by molar-refractivity contribution is 9.10. The summed E-state index contributed by atoms with van der Waals surface area (Å²) >= 11 is 3.49. The topological polar surface area (TPSA) is 26.3 Å². The maximum absolute atomic E-state index is 12.3. The van der Waals surface area contributed by atoms with Gasteiger partial charge in [0.1, 0.15) is 11.5 Å². The molecule has 0 spiro atoms. The lowest BCUT2D eigenvalue weighted by molar-refractivity contribution is -0.117. The maximum Gasteiger partial charge on any atom is 0.141 e. The van der Waals surface area contributed by atoms with Crippen molar-refractivity contribution in [2.45, 2.75) is 26.7 Å². The van der Waals surface area contributed by atoms with Gasteiger partial charge in [0.2, 0.25) is 0 Å². The van der Waals surface area contributed by atoms with Crippen molar-refractivity contribution in [3.05, 3.63) is 63.1 Å². The highest BCUT2D eigenvalue weighted by Crippen LogP contribution is 2.23. The van der Waals surface area contributed by atoms with E-state index in [1.165, 1.54) is 11.1 Å². The van der Waals surface area contributed by atoms with Gasteiger partial charge in [-0.05, 0) is 43.2 Å². The fraction of sp³-hybridized carbons (Fsp3) is 0.278. The number of hydrogen-bond acceptors (Lipinski definition) is 2. The SMILES string of the molecule is COc1ccc(Br)c(CC(=O)Cc2cc(C)cc(C)c2)c1. The van der Waals surface area contributed by atoms with Crippen LogP contribution in [0.2, 0.25) is 0 Å². The number of halogens is 1. The number of aryl methyl sites for hydroxylation is 2. The van der Waals surface area contributed by atoms with Gasteiger partial charge < -0.3 is 4.74 Å². The van der Waals surface area contributed by atoms with Crippen molar-refractivity contribution in [2.75, 3.05) is 7.11 Å². The minimum atomic E-state index is 0.203. The summed E-state index contributed by atoms with van der Waals surface area (Å²) in [6.07, 6.45) is 0.872. The molecule has 0 amide bonds. The molecule has 3 heteroatoms. The number of ketones is 1. The van der Waals surface area contributed by atoms with E-state index < -0.39 is 0 Å². The van der Waals surface area contributed by atoms with Crippen molar-refractivity contribution in [1.29, 1.82) is 0 Å². The molecule has 0 saturated carbocycles. The molecule has 0 aliphatic rings. The Balaban J connectivity index is 2.11. The fourth-order valence-electron chi connectivity index (χ4n) is 2.49. The molecular weight excluding hydrogens is 328 g/mol. The van der Waals surface area contributed by atoms with Crippen LogP contribution in [0.5, 0.6) is 5.75 Å². The van der Waals surface area contributed by atoms with E-state index in [0.29, 0.717) is 12.8 Å². The zero-order chi connectivity index (χ0) is 15.4. The monoisotopic (exact) mass is 346 g/mol. The van der Waals surface area contributed by atoms with Crippen LogP contribution in [-0.2, 0) is 17.6 Å². The van der Waals surface area contributed by atoms with Crippen LogP contribution >= 0.6 is 15.9 Å². The van der Waals surface area contributed by atoms with Crippen LogP contribution in [0.3, 0.4) is 0 Å². The largest absolute Gasteiger partial charge is 0.497 e. The van der Waals surface area contributed by atoms with Crippen LogP contribution < -0.4 is 4.74 Å². The van der Waals surface area contributed by atoms with Gasteiger partial charge in [-0.15, -0.1) is 0 Å². The van der Waals surface area contributed by atoms with Gasteiger partial charge in [0.05, 0.1) is 7.11 Å². The Morgan fingerprint density at radius 2 is 1.71 bits per heavy atom. The Hall–Kier alpha value is -1.61. The lowest BCUT2D eigenvalue weighted by Gasteiger charge is -2.08. The molecule has 0 aliphatic carbocycles. The van der Waals surface area contributed by atoms with Gasteiger partial charge >= 0.3 is 0 Å². The van der Waals surface area contributed by atoms with Crippen LogP contribution in [0.1, 0.15) is 22.3 Å². The van der Waals surface area contributed by atoms with Gasteiger partial charge in [0.15, 0.2) is 0 Å². The molecule has 2 nitrogen and oxygen atoms in total. The molecule has 0 aromatic heterocycles. The molecule has 2 aromatic rings. The van der Waals surface area contributed by atoms with E-state index in [1.54, 1.807) is 7.11 Å². The van der Waals surface area contributed by atoms with Crippen molar-refractivity contribution >= 4 is 21.7 Å². The molecule has 0 atom stereocenters. The molecule has 2 aromatic carbocycles. The smallest absolute Gasteiger partial charge is 0.141 e. The molecule has 0 heterocycles. The molecule has 0 N–H and O–H groups in total. The summed E-state index contributed by atoms with van der Waals surface area (Å²) in [6, 6.07) is 12.0. The average molecular weight is 347 g/mol. The van der Waals surface area contributed by atoms with Gasteiger partial charge in [-0.25, -0.2) is 0 Å². The molecule has 0 radical (unpaired) electrons. The lowest BCUT2D eigenvalue weighted by atomic mass is 10.00. The maximum atomic E-state index is 12.3. The van der Waals surface area contributed by atoms with Crippen molar-refractivity contribution < 1.29 is 9.53 Å². The van der Waals surface area contributed by atoms with Crippen molar-refractivity contribution in [3.8, 4) is 5.75 Å². The third kappa shape index (κ3) is 4.43. The molecule has 21 heavy (non-hydrogen) atoms. The zero-order valence-electron chi connectivity index (χ0n) is 12.6. The number of carbonyl (C=O) groups excluding carboxylic acids is 1. The molecular formula is C18H19BrO2. The van der Waals surface area contributed by atoms with Crippen molar-refractivity contribution in [3.63, 3.8) is 0 Å². The molecule has 0 fully saturated rings. The predicted octanol–water partition coefficient (Wildman–Crippen LogP) is 4.43. The van der Waals surface area contributed by atoms with Gasteiger partial charge in [-0.1, -0.05) is 45.3 Å². The second kappa shape index (κ2) is 6.90. The van der Waals surface area contributed by atoms with E-state index in [9.17, 15) is 4.79 Å². The third-order valence-corrected chi connectivity index (χ3v) is 4.10. The van der Waals surface area contributed by atoms with Crippen LogP contribution in [0.15, 0.2) is 40.9 Å². The first-order valence-corrected chi connectivity index (χ1v) is 7.68. The quantitative estimate of drug-likeness (QED) is 0.800. The van der Waals surface area contributed by atoms with E-state index in [-0.39, 0.29) is 5.78 Å². The Morgan fingerprint density at radius 1 is 1.05 bits per heavy atom. The summed E-state index contributed by atoms with van der Waals surface area (Å²) in [5.41, 5.74) is 4.43. The van der Waals surface area contributed by atoms with Gasteiger partial charge in [-0.3, -0.25) is 4.79 Å². The first-order valence-electron chi connectivity index (χ1n) is 6.89. The lowest BCUT2D eigenvalue weighted by Crippen LogP contribution is -2.07. The first kappa shape index (κ1) is 15.8. The summed E-state index contributed by atoms with van der Waals surface area (Å²) in [6.45, 7) is 4.11. The van der Waals surface area contributed by atoms with Crippen LogP contribution in [0.25, 0.3) is 0 Å². The second-order valence-electron chi connectivity index (χ2n) is 5.35. The van der Waals surface area contributed by atoms with Crippen LogP contribution in [0.4, 0.5) is 0 Å². The van der Waals surface area contributed by atoms with E-state index in [4.69, 9.17) is 4.74 Å². The summed E-state index contributed by atoms with van der Waals surface area (Å²) in [5, 5.41) is 0. The highest BCUT2D eigenvalue weighted by atomic mass is 79.9. The number of methoxy groups -OCH3 is 1. The summed E-state index contributed by atoms with van der Waals surface area (Å²) < 4.78 is 6.15. The molecule has 2 rings (SSSR count). The van der Waals surface area contributed by atoms with E-state index >= 15 is 0 Å². The molecule has 0 unspecified atom stereocenters. The Bertz CT molecular complexity index is 642. The number of carbonyl (C=O) groups is 1. The fourth-order valence-corrected chi connectivity index (χ4v) is 2.87. The minimum absolute atomic E-state index is 0.203. The van der Waals surface area contributed by atoms with Crippen molar-refractivity contribution in [1.82, 2.24) is 0 Å². The number of Topliss-reactive ketones (excluding diaryl/α,β-unsaturated/α-hetero) is 1. The predicted molar refractivity (Wildman–Crippen MR) is 89.0 cm³/mol. The van der Waals surface area contributed by atoms with Crippen molar-refractivity contribution in [2.24, 2.45) is 0 Å². The second-order valence-corrected chi connectivity index (χ2v) is 6.20. The number of hydrogen-bond donors (Lipinski definition) is 0. The Morgan fingerprint density at radius 3 is 2.33 bits per heavy atom. The van der Waals surface area contributed by atoms with Crippen LogP contribution in [0, 0.1) is 13.8 Å². The summed E-state index contributed by atoms with van der Waals surface area (Å²) in [5.74, 6) is 0.973. The third-order valence-electron chi connectivity index (χ3n) is 3.32. The number of benzene rings is 2. The molecule has 110 valence electrons. The summed E-state index contributed by atoms with van der Waals surface area (Å²) in [4.78, 5) is 12.3. The normalized spacial score (nSPS) is 10.5. The Kier molecular flexibility index (Phi) is 5.18. The van der Waals surface area contributed by atoms with E-state index in [0.717, 1.165) is 21.3 Å². The first-order chi connectivity index (χ1) is 9.97. The van der Waals surface area contributed by atoms with E-state index in [2.05, 4.69) is 48.0 Å². The number of rotatable bonds is 5. The Labute approximate surface area is 134 Å². The highest BCUT2D eigenvalue weighted by Gasteiger charge is 2.10. The van der Waals surface area contributed by atoms with Crippen LogP contribution in [-0.4, -0.2) is 12.9 Å². The summed E-state index contributed by atoms with van der Waals surface area (Å²) in [7, 11) is 1.63. The average Bonchev–Trinajstić information content (AvgIpc) is 2.40. The minimum Gasteiger partial charge on any atom is -0.497 e. The molecule has 0 aliphatic heterocycles. The molecule has 0 saturated heterocycles. The van der Waals surface area contributed by atoms with E-state index in [1.807, 2.05) is 18.2 Å². The standard InChI is InChI=1S/C18H19BrO2/c1-12-6-13(2)8-14(7-12)9-16(20)10-15-11-17(21-3)4-5-18(15)19/h4-8,11H,9-10H2,1-3H3. The van der Waals surface area contributed by atoms with Gasteiger partial charge in [0, 0.05) is 17.3 Å². The number of ether oxygens (including phenoxy) is 1. The molecule has 0 bridgehead atoms. The van der Waals surface area contributed by atoms with Gasteiger partial charge in [-0.2, -0.15) is 0 Å². The van der Waals surface area contributed by atoms with Gasteiger partial charge in [0.25, 0.3) is 0 Å². The zero-order valence-corrected chi connectivity index (χ0v) is 14.2.